The van der Waals surface area contributed by atoms with Gasteiger partial charge in [0.05, 0.1) is 6.10 Å². The third-order valence-electron chi connectivity index (χ3n) is 2.95. The number of aliphatic hydroxyl groups is 1. The molecular formula is C13H16FNO3. The number of hydrogen-bond donors (Lipinski definition) is 1. The van der Waals surface area contributed by atoms with Gasteiger partial charge in [0.1, 0.15) is 0 Å². The Morgan fingerprint density at radius 1 is 1.61 bits per heavy atom. The van der Waals surface area contributed by atoms with E-state index in [1.54, 1.807) is 12.1 Å². The number of β-amino-alcohol motifs (C(OH)–C–C–N with tert-alkyl or cyclic N) is 1. The standard InChI is InChI=1S/C13H16FNO3/c1-9-2-3-11(14)12(6-9)18-8-13(17)15-5-4-10(16)7-15/h2-3,6,10,16H,4-5,7-8H2,1H3/t10-/m0/s1. The Kier molecular flexibility index (Phi) is 3.81. The number of rotatable bonds is 3. The molecule has 1 fully saturated rings. The third kappa shape index (κ3) is 2.98. The molecule has 1 aromatic rings. The predicted octanol–water partition coefficient (Wildman–Crippen LogP) is 1.11. The predicted molar refractivity (Wildman–Crippen MR) is 63.8 cm³/mol. The number of halogens is 1. The SMILES string of the molecule is Cc1ccc(F)c(OCC(=O)N2CC[C@H](O)C2)c1. The van der Waals surface area contributed by atoms with Crippen LogP contribution >= 0.6 is 0 Å². The van der Waals surface area contributed by atoms with E-state index in [9.17, 15) is 14.3 Å². The number of carbonyl (C=O) groups excluding carboxylic acids is 1. The molecule has 1 heterocycles. The summed E-state index contributed by atoms with van der Waals surface area (Å²) in [5, 5.41) is 9.32. The molecule has 0 unspecified atom stereocenters. The van der Waals surface area contributed by atoms with Crippen molar-refractivity contribution in [3.05, 3.63) is 29.6 Å². The number of carbonyl (C=O) groups is 1. The lowest BCUT2D eigenvalue weighted by Gasteiger charge is -2.16. The van der Waals surface area contributed by atoms with Crippen molar-refractivity contribution in [1.29, 1.82) is 0 Å². The maximum Gasteiger partial charge on any atom is 0.260 e. The van der Waals surface area contributed by atoms with Crippen molar-refractivity contribution in [2.24, 2.45) is 0 Å². The number of amides is 1. The Bertz CT molecular complexity index is 450. The van der Waals surface area contributed by atoms with Gasteiger partial charge in [-0.15, -0.1) is 0 Å². The van der Waals surface area contributed by atoms with Crippen LogP contribution in [0.2, 0.25) is 0 Å². The summed E-state index contributed by atoms with van der Waals surface area (Å²) in [6, 6.07) is 4.51. The molecule has 1 aliphatic rings. The number of benzene rings is 1. The molecule has 0 bridgehead atoms. The van der Waals surface area contributed by atoms with Crippen molar-refractivity contribution < 1.29 is 19.0 Å². The molecule has 0 saturated carbocycles. The van der Waals surface area contributed by atoms with Crippen molar-refractivity contribution in [1.82, 2.24) is 4.90 Å². The Morgan fingerprint density at radius 3 is 3.06 bits per heavy atom. The highest BCUT2D eigenvalue weighted by atomic mass is 19.1. The first-order valence-corrected chi connectivity index (χ1v) is 5.91. The van der Waals surface area contributed by atoms with E-state index in [0.717, 1.165) is 5.56 Å². The smallest absolute Gasteiger partial charge is 0.260 e. The summed E-state index contributed by atoms with van der Waals surface area (Å²) < 4.78 is 18.5. The first-order valence-electron chi connectivity index (χ1n) is 5.91. The van der Waals surface area contributed by atoms with Crippen LogP contribution in [-0.2, 0) is 4.79 Å². The molecule has 0 aromatic heterocycles. The molecule has 1 N–H and O–H groups in total. The second-order valence-corrected chi connectivity index (χ2v) is 4.50. The van der Waals surface area contributed by atoms with Crippen molar-refractivity contribution >= 4 is 5.91 Å². The van der Waals surface area contributed by atoms with E-state index >= 15 is 0 Å². The van der Waals surface area contributed by atoms with E-state index in [1.165, 1.54) is 11.0 Å². The van der Waals surface area contributed by atoms with Crippen LogP contribution in [0.5, 0.6) is 5.75 Å². The van der Waals surface area contributed by atoms with E-state index in [1.807, 2.05) is 6.92 Å². The maximum absolute atomic E-state index is 13.4. The van der Waals surface area contributed by atoms with Gasteiger partial charge in [-0.1, -0.05) is 6.07 Å². The molecule has 2 rings (SSSR count). The molecule has 1 aromatic carbocycles. The maximum atomic E-state index is 13.4. The van der Waals surface area contributed by atoms with Gasteiger partial charge in [0, 0.05) is 13.1 Å². The molecule has 0 radical (unpaired) electrons. The van der Waals surface area contributed by atoms with Crippen LogP contribution < -0.4 is 4.74 Å². The van der Waals surface area contributed by atoms with Crippen molar-refractivity contribution in [2.45, 2.75) is 19.4 Å². The second kappa shape index (κ2) is 5.35. The van der Waals surface area contributed by atoms with Gasteiger partial charge < -0.3 is 14.7 Å². The van der Waals surface area contributed by atoms with Gasteiger partial charge in [0.25, 0.3) is 5.91 Å². The summed E-state index contributed by atoms with van der Waals surface area (Å²) >= 11 is 0. The summed E-state index contributed by atoms with van der Waals surface area (Å²) in [5.41, 5.74) is 0.871. The van der Waals surface area contributed by atoms with Crippen LogP contribution in [0.25, 0.3) is 0 Å². The zero-order valence-corrected chi connectivity index (χ0v) is 10.2. The Morgan fingerprint density at radius 2 is 2.39 bits per heavy atom. The van der Waals surface area contributed by atoms with Gasteiger partial charge >= 0.3 is 0 Å². The highest BCUT2D eigenvalue weighted by molar-refractivity contribution is 5.78. The van der Waals surface area contributed by atoms with E-state index in [4.69, 9.17) is 4.74 Å². The first-order chi connectivity index (χ1) is 8.56. The Balaban J connectivity index is 1.91. The van der Waals surface area contributed by atoms with Gasteiger partial charge in [-0.25, -0.2) is 4.39 Å². The highest BCUT2D eigenvalue weighted by Gasteiger charge is 2.24. The van der Waals surface area contributed by atoms with Crippen LogP contribution in [0, 0.1) is 12.7 Å². The minimum atomic E-state index is -0.477. The van der Waals surface area contributed by atoms with Gasteiger partial charge in [-0.05, 0) is 31.0 Å². The average Bonchev–Trinajstić information content (AvgIpc) is 2.77. The number of aliphatic hydroxyl groups excluding tert-OH is 1. The molecule has 18 heavy (non-hydrogen) atoms. The fourth-order valence-corrected chi connectivity index (χ4v) is 1.92. The van der Waals surface area contributed by atoms with E-state index < -0.39 is 11.9 Å². The minimum Gasteiger partial charge on any atom is -0.481 e. The highest BCUT2D eigenvalue weighted by Crippen LogP contribution is 2.18. The van der Waals surface area contributed by atoms with Crippen LogP contribution in [0.4, 0.5) is 4.39 Å². The normalized spacial score (nSPS) is 19.1. The molecule has 1 amide bonds. The lowest BCUT2D eigenvalue weighted by Crippen LogP contribution is -2.33. The monoisotopic (exact) mass is 253 g/mol. The van der Waals surface area contributed by atoms with Crippen molar-refractivity contribution in [3.8, 4) is 5.75 Å². The Hall–Kier alpha value is -1.62. The van der Waals surface area contributed by atoms with Gasteiger partial charge in [0.2, 0.25) is 0 Å². The molecule has 1 aliphatic heterocycles. The third-order valence-corrected chi connectivity index (χ3v) is 2.95. The van der Waals surface area contributed by atoms with Crippen LogP contribution in [0.1, 0.15) is 12.0 Å². The van der Waals surface area contributed by atoms with Crippen molar-refractivity contribution in [2.75, 3.05) is 19.7 Å². The number of ether oxygens (including phenoxy) is 1. The molecule has 4 nitrogen and oxygen atoms in total. The Labute approximate surface area is 105 Å². The second-order valence-electron chi connectivity index (χ2n) is 4.50. The average molecular weight is 253 g/mol. The zero-order valence-electron chi connectivity index (χ0n) is 10.2. The summed E-state index contributed by atoms with van der Waals surface area (Å²) in [7, 11) is 0. The van der Waals surface area contributed by atoms with E-state index in [2.05, 4.69) is 0 Å². The quantitative estimate of drug-likeness (QED) is 0.877. The van der Waals surface area contributed by atoms with E-state index in [0.29, 0.717) is 19.5 Å². The number of nitrogens with zero attached hydrogens (tertiary/aromatic N) is 1. The summed E-state index contributed by atoms with van der Waals surface area (Å²) in [5.74, 6) is -0.620. The molecule has 0 aliphatic carbocycles. The van der Waals surface area contributed by atoms with Gasteiger partial charge in [-0.2, -0.15) is 0 Å². The minimum absolute atomic E-state index is 0.0862. The lowest BCUT2D eigenvalue weighted by atomic mass is 10.2. The summed E-state index contributed by atoms with van der Waals surface area (Å²) in [6.07, 6.45) is 0.134. The molecule has 1 atom stereocenters. The molecule has 1 saturated heterocycles. The van der Waals surface area contributed by atoms with Gasteiger partial charge in [-0.3, -0.25) is 4.79 Å². The fraction of sp³-hybridized carbons (Fsp3) is 0.462. The fourth-order valence-electron chi connectivity index (χ4n) is 1.92. The molecule has 5 heteroatoms. The van der Waals surface area contributed by atoms with Gasteiger partial charge in [0.15, 0.2) is 18.2 Å². The zero-order chi connectivity index (χ0) is 13.1. The summed E-state index contributed by atoms with van der Waals surface area (Å²) in [4.78, 5) is 13.3. The number of hydrogen-bond acceptors (Lipinski definition) is 3. The number of likely N-dealkylation sites (tertiary alicyclic amines) is 1. The summed E-state index contributed by atoms with van der Waals surface area (Å²) in [6.45, 7) is 2.48. The number of aryl methyl sites for hydroxylation is 1. The topological polar surface area (TPSA) is 49.8 Å². The molecular weight excluding hydrogens is 237 g/mol. The van der Waals surface area contributed by atoms with Crippen LogP contribution in [0.15, 0.2) is 18.2 Å². The van der Waals surface area contributed by atoms with Crippen molar-refractivity contribution in [3.63, 3.8) is 0 Å². The van der Waals surface area contributed by atoms with Crippen LogP contribution in [-0.4, -0.2) is 41.7 Å². The molecule has 98 valence electrons. The lowest BCUT2D eigenvalue weighted by molar-refractivity contribution is -0.132. The largest absolute Gasteiger partial charge is 0.481 e. The molecule has 0 spiro atoms. The van der Waals surface area contributed by atoms with Crippen LogP contribution in [0.3, 0.4) is 0 Å². The first kappa shape index (κ1) is 12.8. The van der Waals surface area contributed by atoms with E-state index in [-0.39, 0.29) is 18.3 Å².